The van der Waals surface area contributed by atoms with Gasteiger partial charge in [0.2, 0.25) is 15.7 Å². The molecule has 14 heteroatoms. The summed E-state index contributed by atoms with van der Waals surface area (Å²) >= 11 is 7.25. The number of nitrogens with zero attached hydrogens (tertiary/aromatic N) is 5. The lowest BCUT2D eigenvalue weighted by Gasteiger charge is -2.18. The number of hydrogen-bond acceptors (Lipinski definition) is 7. The second-order valence-electron chi connectivity index (χ2n) is 9.27. The Hall–Kier alpha value is -2.06. The molecule has 3 aliphatic rings. The van der Waals surface area contributed by atoms with Crippen LogP contribution in [0.5, 0.6) is 0 Å². The molecule has 2 aliphatic heterocycles. The van der Waals surface area contributed by atoms with Crippen LogP contribution >= 0.6 is 22.9 Å². The van der Waals surface area contributed by atoms with Gasteiger partial charge in [-0.1, -0.05) is 22.9 Å². The molecule has 3 aromatic rings. The number of sulfonamides is 1. The lowest BCUT2D eigenvalue weighted by Crippen LogP contribution is -2.43. The molecule has 3 aromatic heterocycles. The number of alkyl halides is 2. The Kier molecular flexibility index (Phi) is 5.09. The molecule has 1 aliphatic carbocycles. The van der Waals surface area contributed by atoms with E-state index >= 15 is 0 Å². The quantitative estimate of drug-likeness (QED) is 0.476. The summed E-state index contributed by atoms with van der Waals surface area (Å²) in [6.07, 6.45) is 4.22. The highest BCUT2D eigenvalue weighted by Crippen LogP contribution is 2.39. The van der Waals surface area contributed by atoms with E-state index in [2.05, 4.69) is 25.2 Å². The first-order chi connectivity index (χ1) is 16.1. The Bertz CT molecular complexity index is 1450. The standard InChI is InChI=1S/C20H21ClF2N7O2S2/c1-20(4-5-20)28-34(31,32)12-6-13(29-7-10-2-3-11(8-29)24-10)14-15(21)25-17(30(14)9-12)19-27-26-18(33-19)16(22)23/h6-7,9-11,16,24,28H,2-5,8H2,1H3/q+1. The van der Waals surface area contributed by atoms with E-state index in [1.807, 2.05) is 17.7 Å². The zero-order valence-electron chi connectivity index (χ0n) is 18.0. The minimum atomic E-state index is -3.87. The van der Waals surface area contributed by atoms with Gasteiger partial charge in [0.15, 0.2) is 39.3 Å². The Labute approximate surface area is 202 Å². The molecular formula is C20H21ClF2N7O2S2+. The van der Waals surface area contributed by atoms with Crippen molar-refractivity contribution in [3.63, 3.8) is 0 Å². The molecule has 34 heavy (non-hydrogen) atoms. The van der Waals surface area contributed by atoms with Crippen molar-refractivity contribution in [2.75, 3.05) is 6.54 Å². The highest BCUT2D eigenvalue weighted by atomic mass is 35.5. The molecule has 5 heterocycles. The summed E-state index contributed by atoms with van der Waals surface area (Å²) in [5.74, 6) is 0.165. The molecule has 1 saturated carbocycles. The van der Waals surface area contributed by atoms with Crippen LogP contribution in [0.3, 0.4) is 0 Å². The van der Waals surface area contributed by atoms with Crippen molar-refractivity contribution in [2.45, 2.75) is 61.6 Å². The minimum Gasteiger partial charge on any atom is -0.297 e. The number of pyridine rings is 1. The summed E-state index contributed by atoms with van der Waals surface area (Å²) < 4.78 is 59.2. The van der Waals surface area contributed by atoms with Gasteiger partial charge in [0.1, 0.15) is 4.90 Å². The third-order valence-corrected chi connectivity index (χ3v) is 9.31. The van der Waals surface area contributed by atoms with Crippen molar-refractivity contribution in [3.8, 4) is 10.8 Å². The monoisotopic (exact) mass is 528 g/mol. The van der Waals surface area contributed by atoms with Crippen molar-refractivity contribution in [1.82, 2.24) is 29.6 Å². The summed E-state index contributed by atoms with van der Waals surface area (Å²) in [7, 11) is -3.87. The van der Waals surface area contributed by atoms with E-state index in [1.165, 1.54) is 10.6 Å². The Morgan fingerprint density at radius 2 is 2.15 bits per heavy atom. The summed E-state index contributed by atoms with van der Waals surface area (Å²) in [5.41, 5.74) is 0.610. The van der Waals surface area contributed by atoms with E-state index in [-0.39, 0.29) is 33.0 Å². The van der Waals surface area contributed by atoms with Gasteiger partial charge in [-0.15, -0.1) is 10.2 Å². The third-order valence-electron chi connectivity index (χ3n) is 6.52. The maximum atomic E-state index is 13.3. The zero-order chi connectivity index (χ0) is 23.8. The average Bonchev–Trinajstić information content (AvgIpc) is 3.12. The van der Waals surface area contributed by atoms with E-state index in [9.17, 15) is 17.2 Å². The van der Waals surface area contributed by atoms with E-state index < -0.39 is 27.0 Å². The molecular weight excluding hydrogens is 508 g/mol. The van der Waals surface area contributed by atoms with Crippen LogP contribution in [0.25, 0.3) is 16.3 Å². The van der Waals surface area contributed by atoms with Gasteiger partial charge in [0, 0.05) is 17.8 Å². The van der Waals surface area contributed by atoms with Gasteiger partial charge < -0.3 is 0 Å². The molecule has 2 atom stereocenters. The molecule has 0 radical (unpaired) electrons. The van der Waals surface area contributed by atoms with Gasteiger partial charge in [-0.3, -0.25) is 9.72 Å². The smallest absolute Gasteiger partial charge is 0.291 e. The first-order valence-corrected chi connectivity index (χ1v) is 13.5. The SMILES string of the molecule is CC1(NS(=O)(=O)c2cc([N+]3=CC4CCC(C3)N4)c3c(Cl)nc(-c4nnc(C(F)F)s4)n3c2)CC1. The van der Waals surface area contributed by atoms with Crippen molar-refractivity contribution >= 4 is 50.4 Å². The van der Waals surface area contributed by atoms with Gasteiger partial charge in [0.05, 0.1) is 12.1 Å². The number of halogens is 3. The average molecular weight is 529 g/mol. The van der Waals surface area contributed by atoms with E-state index in [1.54, 1.807) is 6.07 Å². The van der Waals surface area contributed by atoms with Gasteiger partial charge >= 0.3 is 0 Å². The van der Waals surface area contributed by atoms with Crippen molar-refractivity contribution < 1.29 is 21.8 Å². The number of imidazole rings is 1. The summed E-state index contributed by atoms with van der Waals surface area (Å²) in [6, 6.07) is 2.06. The molecule has 2 fully saturated rings. The van der Waals surface area contributed by atoms with Crippen LogP contribution in [0.4, 0.5) is 14.5 Å². The van der Waals surface area contributed by atoms with Crippen LogP contribution in [0.15, 0.2) is 17.2 Å². The molecule has 1 saturated heterocycles. The Morgan fingerprint density at radius 3 is 2.82 bits per heavy atom. The van der Waals surface area contributed by atoms with E-state index in [0.29, 0.717) is 29.1 Å². The fraction of sp³-hybridized carbons (Fsp3) is 0.500. The molecule has 2 N–H and O–H groups in total. The topological polar surface area (TPSA) is 104 Å². The maximum Gasteiger partial charge on any atom is 0.291 e. The lowest BCUT2D eigenvalue weighted by molar-refractivity contribution is -0.443. The predicted molar refractivity (Wildman–Crippen MR) is 123 cm³/mol. The third kappa shape index (κ3) is 3.83. The van der Waals surface area contributed by atoms with Gasteiger partial charge in [-0.05, 0) is 32.6 Å². The molecule has 0 spiro atoms. The minimum absolute atomic E-state index is 0.0383. The Morgan fingerprint density at radius 1 is 1.35 bits per heavy atom. The van der Waals surface area contributed by atoms with E-state index in [4.69, 9.17) is 11.6 Å². The number of fused-ring (bicyclic) bond motifs is 3. The van der Waals surface area contributed by atoms with Crippen molar-refractivity contribution in [2.24, 2.45) is 0 Å². The van der Waals surface area contributed by atoms with E-state index in [0.717, 1.165) is 25.7 Å². The molecule has 9 nitrogen and oxygen atoms in total. The predicted octanol–water partition coefficient (Wildman–Crippen LogP) is 3.12. The second kappa shape index (κ2) is 7.72. The van der Waals surface area contributed by atoms with Gasteiger partial charge in [-0.25, -0.2) is 26.9 Å². The van der Waals surface area contributed by atoms with Crippen LogP contribution in [0.1, 0.15) is 44.0 Å². The van der Waals surface area contributed by atoms with Crippen LogP contribution in [0.2, 0.25) is 5.15 Å². The molecule has 2 bridgehead atoms. The number of nitrogens with one attached hydrogen (secondary N) is 2. The fourth-order valence-corrected chi connectivity index (χ4v) is 6.97. The highest BCUT2D eigenvalue weighted by molar-refractivity contribution is 7.89. The highest BCUT2D eigenvalue weighted by Gasteiger charge is 2.42. The first-order valence-electron chi connectivity index (χ1n) is 10.9. The van der Waals surface area contributed by atoms with Crippen LogP contribution < -0.4 is 10.0 Å². The summed E-state index contributed by atoms with van der Waals surface area (Å²) in [6.45, 7) is 2.50. The molecule has 6 rings (SSSR count). The van der Waals surface area contributed by atoms with Gasteiger partial charge in [0.25, 0.3) is 6.43 Å². The molecule has 0 aromatic carbocycles. The second-order valence-corrected chi connectivity index (χ2v) is 12.3. The Balaban J connectivity index is 1.57. The zero-order valence-corrected chi connectivity index (χ0v) is 20.4. The number of rotatable bonds is 6. The van der Waals surface area contributed by atoms with Crippen LogP contribution in [0, 0.1) is 0 Å². The van der Waals surface area contributed by atoms with Gasteiger partial charge in [-0.2, -0.15) is 4.58 Å². The van der Waals surface area contributed by atoms with Crippen molar-refractivity contribution in [3.05, 3.63) is 22.4 Å². The molecule has 180 valence electrons. The molecule has 0 amide bonds. The molecule has 2 unspecified atom stereocenters. The first kappa shape index (κ1) is 22.4. The fourth-order valence-electron chi connectivity index (χ4n) is 4.54. The summed E-state index contributed by atoms with van der Waals surface area (Å²) in [4.78, 5) is 4.41. The largest absolute Gasteiger partial charge is 0.297 e. The summed E-state index contributed by atoms with van der Waals surface area (Å²) in [5, 5.41) is 10.7. The number of hydrogen-bond donors (Lipinski definition) is 2. The van der Waals surface area contributed by atoms with Crippen molar-refractivity contribution in [1.29, 1.82) is 0 Å². The number of aromatic nitrogens is 4. The van der Waals surface area contributed by atoms with Crippen LogP contribution in [-0.2, 0) is 10.0 Å². The normalized spacial score (nSPS) is 23.6. The van der Waals surface area contributed by atoms with Crippen LogP contribution in [-0.4, -0.2) is 63.0 Å². The maximum absolute atomic E-state index is 13.3. The lowest BCUT2D eigenvalue weighted by atomic mass is 10.2.